The highest BCUT2D eigenvalue weighted by Crippen LogP contribution is 2.19. The van der Waals surface area contributed by atoms with Crippen molar-refractivity contribution in [1.82, 2.24) is 4.31 Å². The van der Waals surface area contributed by atoms with Crippen molar-refractivity contribution in [3.8, 4) is 0 Å². The summed E-state index contributed by atoms with van der Waals surface area (Å²) in [5.41, 5.74) is 1.57. The summed E-state index contributed by atoms with van der Waals surface area (Å²) >= 11 is 5.18. The maximum Gasteiger partial charge on any atom is 0.242 e. The maximum absolute atomic E-state index is 13.5. The molecule has 24 heavy (non-hydrogen) atoms. The van der Waals surface area contributed by atoms with Gasteiger partial charge in [-0.1, -0.05) is 12.1 Å². The van der Waals surface area contributed by atoms with Crippen LogP contribution in [-0.2, 0) is 10.0 Å². The van der Waals surface area contributed by atoms with E-state index in [9.17, 15) is 12.8 Å². The summed E-state index contributed by atoms with van der Waals surface area (Å²) in [6, 6.07) is 11.0. The number of sulfonamides is 1. The Morgan fingerprint density at radius 2 is 1.71 bits per heavy atom. The van der Waals surface area contributed by atoms with Gasteiger partial charge in [0.1, 0.15) is 5.82 Å². The average Bonchev–Trinajstić information content (AvgIpc) is 2.51. The summed E-state index contributed by atoms with van der Waals surface area (Å²) in [6.07, 6.45) is 0. The third kappa shape index (κ3) is 4.28. The molecular weight excluding hydrogens is 349 g/mol. The minimum absolute atomic E-state index is 0.154. The molecule has 0 bridgehead atoms. The van der Waals surface area contributed by atoms with Gasteiger partial charge >= 0.3 is 0 Å². The Balaban J connectivity index is 2.13. The number of nitrogens with zero attached hydrogens (tertiary/aromatic N) is 1. The number of thiocarbonyl (C=S) groups is 1. The van der Waals surface area contributed by atoms with Crippen molar-refractivity contribution in [3.05, 3.63) is 53.8 Å². The molecule has 0 aliphatic rings. The molecule has 0 radical (unpaired) electrons. The predicted octanol–water partition coefficient (Wildman–Crippen LogP) is 3.19. The molecule has 2 aromatic carbocycles. The van der Waals surface area contributed by atoms with E-state index >= 15 is 0 Å². The van der Waals surface area contributed by atoms with Gasteiger partial charge < -0.3 is 10.6 Å². The van der Waals surface area contributed by atoms with Crippen LogP contribution in [0.2, 0.25) is 0 Å². The summed E-state index contributed by atoms with van der Waals surface area (Å²) in [5.74, 6) is -0.332. The number of hydrogen-bond donors (Lipinski definition) is 2. The minimum Gasteiger partial charge on any atom is -0.332 e. The van der Waals surface area contributed by atoms with Crippen molar-refractivity contribution >= 4 is 38.7 Å². The molecule has 0 aliphatic carbocycles. The van der Waals surface area contributed by atoms with E-state index in [1.54, 1.807) is 31.2 Å². The van der Waals surface area contributed by atoms with E-state index in [1.165, 1.54) is 32.3 Å². The van der Waals surface area contributed by atoms with Crippen LogP contribution < -0.4 is 10.6 Å². The Morgan fingerprint density at radius 1 is 1.08 bits per heavy atom. The zero-order chi connectivity index (χ0) is 17.9. The fourth-order valence-electron chi connectivity index (χ4n) is 1.91. The first kappa shape index (κ1) is 18.3. The highest BCUT2D eigenvalue weighted by atomic mass is 32.2. The van der Waals surface area contributed by atoms with Gasteiger partial charge in [-0.15, -0.1) is 0 Å². The van der Waals surface area contributed by atoms with Crippen LogP contribution in [-0.4, -0.2) is 31.9 Å². The lowest BCUT2D eigenvalue weighted by molar-refractivity contribution is 0.521. The molecule has 0 saturated heterocycles. The molecule has 0 spiro atoms. The molecule has 8 heteroatoms. The molecule has 0 aromatic heterocycles. The third-order valence-electron chi connectivity index (χ3n) is 3.30. The summed E-state index contributed by atoms with van der Waals surface area (Å²) in [4.78, 5) is 0.154. The van der Waals surface area contributed by atoms with Gasteiger partial charge in [0.15, 0.2) is 5.11 Å². The van der Waals surface area contributed by atoms with E-state index in [4.69, 9.17) is 12.2 Å². The smallest absolute Gasteiger partial charge is 0.242 e. The molecule has 128 valence electrons. The van der Waals surface area contributed by atoms with Gasteiger partial charge in [0.2, 0.25) is 10.0 Å². The Labute approximate surface area is 146 Å². The van der Waals surface area contributed by atoms with Crippen molar-refractivity contribution < 1.29 is 12.8 Å². The van der Waals surface area contributed by atoms with Gasteiger partial charge in [-0.25, -0.2) is 17.1 Å². The number of rotatable bonds is 4. The first-order chi connectivity index (χ1) is 11.2. The van der Waals surface area contributed by atoms with Gasteiger partial charge in [0.25, 0.3) is 0 Å². The lowest BCUT2D eigenvalue weighted by atomic mass is 10.2. The Bertz CT molecular complexity index is 867. The number of aryl methyl sites for hydroxylation is 1. The fourth-order valence-corrected chi connectivity index (χ4v) is 3.09. The van der Waals surface area contributed by atoms with Crippen molar-refractivity contribution in [2.45, 2.75) is 11.8 Å². The Hall–Kier alpha value is -2.03. The number of halogens is 1. The second kappa shape index (κ2) is 7.25. The molecule has 0 amide bonds. The monoisotopic (exact) mass is 367 g/mol. The maximum atomic E-state index is 13.5. The second-order valence-electron chi connectivity index (χ2n) is 5.36. The summed E-state index contributed by atoms with van der Waals surface area (Å²) in [6.45, 7) is 1.67. The average molecular weight is 367 g/mol. The number of hydrogen-bond acceptors (Lipinski definition) is 3. The molecule has 2 rings (SSSR count). The molecule has 2 N–H and O–H groups in total. The molecule has 0 fully saturated rings. The van der Waals surface area contributed by atoms with Crippen LogP contribution >= 0.6 is 12.2 Å². The lowest BCUT2D eigenvalue weighted by Crippen LogP contribution is -2.23. The van der Waals surface area contributed by atoms with Crippen molar-refractivity contribution in [2.75, 3.05) is 24.7 Å². The summed E-state index contributed by atoms with van der Waals surface area (Å²) < 4.78 is 39.0. The lowest BCUT2D eigenvalue weighted by Gasteiger charge is -2.14. The highest BCUT2D eigenvalue weighted by Gasteiger charge is 2.17. The molecule has 0 saturated carbocycles. The molecule has 0 heterocycles. The van der Waals surface area contributed by atoms with E-state index < -0.39 is 10.0 Å². The second-order valence-corrected chi connectivity index (χ2v) is 7.92. The first-order valence-electron chi connectivity index (χ1n) is 7.07. The molecule has 5 nitrogen and oxygen atoms in total. The van der Waals surface area contributed by atoms with Crippen molar-refractivity contribution in [3.63, 3.8) is 0 Å². The van der Waals surface area contributed by atoms with Gasteiger partial charge in [-0.2, -0.15) is 0 Å². The molecule has 0 aliphatic heterocycles. The van der Waals surface area contributed by atoms with E-state index in [0.29, 0.717) is 16.9 Å². The van der Waals surface area contributed by atoms with E-state index in [1.807, 2.05) is 0 Å². The molecule has 0 unspecified atom stereocenters. The van der Waals surface area contributed by atoms with Gasteiger partial charge in [-0.05, 0) is 55.0 Å². The third-order valence-corrected chi connectivity index (χ3v) is 5.32. The van der Waals surface area contributed by atoms with E-state index in [2.05, 4.69) is 10.6 Å². The van der Waals surface area contributed by atoms with Crippen LogP contribution in [0, 0.1) is 12.7 Å². The van der Waals surface area contributed by atoms with Crippen molar-refractivity contribution in [2.24, 2.45) is 0 Å². The fraction of sp³-hybridized carbons (Fsp3) is 0.188. The van der Waals surface area contributed by atoms with Crippen LogP contribution in [0.5, 0.6) is 0 Å². The van der Waals surface area contributed by atoms with Crippen molar-refractivity contribution in [1.29, 1.82) is 0 Å². The van der Waals surface area contributed by atoms with E-state index in [0.717, 1.165) is 4.31 Å². The SMILES string of the molecule is Cc1ccc(NC(=S)Nc2cccc(S(=O)(=O)N(C)C)c2)cc1F. The Morgan fingerprint density at radius 3 is 2.29 bits per heavy atom. The predicted molar refractivity (Wildman–Crippen MR) is 98.3 cm³/mol. The number of nitrogens with one attached hydrogen (secondary N) is 2. The minimum atomic E-state index is -3.52. The van der Waals surface area contributed by atoms with Gasteiger partial charge in [-0.3, -0.25) is 0 Å². The highest BCUT2D eigenvalue weighted by molar-refractivity contribution is 7.89. The van der Waals surface area contributed by atoms with Crippen LogP contribution in [0.3, 0.4) is 0 Å². The quantitative estimate of drug-likeness (QED) is 0.813. The number of anilines is 2. The van der Waals surface area contributed by atoms with Crippen LogP contribution in [0.25, 0.3) is 0 Å². The normalized spacial score (nSPS) is 11.4. The zero-order valence-electron chi connectivity index (χ0n) is 13.5. The number of benzene rings is 2. The standard InChI is InChI=1S/C16H18FN3O2S2/c1-11-7-8-13(10-15(11)17)19-16(23)18-12-5-4-6-14(9-12)24(21,22)20(2)3/h4-10H,1-3H3,(H2,18,19,23). The largest absolute Gasteiger partial charge is 0.332 e. The van der Waals surface area contributed by atoms with Gasteiger partial charge in [0, 0.05) is 25.5 Å². The molecular formula is C16H18FN3O2S2. The molecule has 0 atom stereocenters. The van der Waals surface area contributed by atoms with Crippen LogP contribution in [0.15, 0.2) is 47.4 Å². The summed E-state index contributed by atoms with van der Waals surface area (Å²) in [7, 11) is -0.593. The zero-order valence-corrected chi connectivity index (χ0v) is 15.1. The van der Waals surface area contributed by atoms with E-state index in [-0.39, 0.29) is 15.8 Å². The Kier molecular flexibility index (Phi) is 5.53. The van der Waals surface area contributed by atoms with Gasteiger partial charge in [0.05, 0.1) is 4.90 Å². The summed E-state index contributed by atoms with van der Waals surface area (Å²) in [5, 5.41) is 5.98. The van der Waals surface area contributed by atoms with Crippen LogP contribution in [0.1, 0.15) is 5.56 Å². The molecule has 2 aromatic rings. The van der Waals surface area contributed by atoms with Crippen LogP contribution in [0.4, 0.5) is 15.8 Å². The topological polar surface area (TPSA) is 61.4 Å². The first-order valence-corrected chi connectivity index (χ1v) is 8.92.